The summed E-state index contributed by atoms with van der Waals surface area (Å²) in [6.07, 6.45) is 2.80. The Morgan fingerprint density at radius 1 is 1.33 bits per heavy atom. The first-order valence-corrected chi connectivity index (χ1v) is 6.75. The molecule has 0 aromatic carbocycles. The quantitative estimate of drug-likeness (QED) is 0.627. The van der Waals surface area contributed by atoms with Crippen LogP contribution in [-0.4, -0.2) is 56.5 Å². The summed E-state index contributed by atoms with van der Waals surface area (Å²) in [4.78, 5) is 14.0. The molecule has 1 aliphatic heterocycles. The second kappa shape index (κ2) is 7.71. The maximum Gasteiger partial charge on any atom is 0.243 e. The van der Waals surface area contributed by atoms with Crippen LogP contribution in [0.25, 0.3) is 0 Å². The molecule has 5 heteroatoms. The van der Waals surface area contributed by atoms with Crippen molar-refractivity contribution >= 4 is 5.91 Å². The standard InChI is InChI=1S/C13H26N2O3/c1-4-13(2)12(16)15(11-14-13)7-5-6-8-18-10-9-17-3/h14H,4-11H2,1-3H3. The second-order valence-corrected chi connectivity index (χ2v) is 4.90. The summed E-state index contributed by atoms with van der Waals surface area (Å²) in [6, 6.07) is 0. The van der Waals surface area contributed by atoms with Crippen LogP contribution in [0, 0.1) is 0 Å². The van der Waals surface area contributed by atoms with E-state index >= 15 is 0 Å². The van der Waals surface area contributed by atoms with Crippen LogP contribution in [0.5, 0.6) is 0 Å². The number of carbonyl (C=O) groups excluding carboxylic acids is 1. The summed E-state index contributed by atoms with van der Waals surface area (Å²) in [5.41, 5.74) is -0.352. The Morgan fingerprint density at radius 3 is 2.72 bits per heavy atom. The summed E-state index contributed by atoms with van der Waals surface area (Å²) in [6.45, 7) is 7.53. The van der Waals surface area contributed by atoms with E-state index in [1.807, 2.05) is 18.7 Å². The van der Waals surface area contributed by atoms with E-state index in [2.05, 4.69) is 5.32 Å². The zero-order chi connectivity index (χ0) is 13.4. The highest BCUT2D eigenvalue weighted by Crippen LogP contribution is 2.19. The van der Waals surface area contributed by atoms with Gasteiger partial charge >= 0.3 is 0 Å². The molecule has 1 rings (SSSR count). The molecule has 1 amide bonds. The van der Waals surface area contributed by atoms with Gasteiger partial charge in [0.15, 0.2) is 0 Å². The van der Waals surface area contributed by atoms with Crippen molar-refractivity contribution in [2.24, 2.45) is 0 Å². The monoisotopic (exact) mass is 258 g/mol. The Balaban J connectivity index is 2.08. The van der Waals surface area contributed by atoms with Crippen LogP contribution in [0.3, 0.4) is 0 Å². The number of rotatable bonds is 9. The Labute approximate surface area is 110 Å². The molecule has 0 aromatic heterocycles. The first-order chi connectivity index (χ1) is 8.64. The van der Waals surface area contributed by atoms with Gasteiger partial charge in [-0.3, -0.25) is 10.1 Å². The summed E-state index contributed by atoms with van der Waals surface area (Å²) in [7, 11) is 1.67. The van der Waals surface area contributed by atoms with Gasteiger partial charge in [0.25, 0.3) is 0 Å². The topological polar surface area (TPSA) is 50.8 Å². The van der Waals surface area contributed by atoms with Crippen molar-refractivity contribution < 1.29 is 14.3 Å². The first-order valence-electron chi connectivity index (χ1n) is 6.75. The van der Waals surface area contributed by atoms with Gasteiger partial charge in [-0.2, -0.15) is 0 Å². The van der Waals surface area contributed by atoms with Gasteiger partial charge < -0.3 is 14.4 Å². The van der Waals surface area contributed by atoms with E-state index in [1.54, 1.807) is 7.11 Å². The maximum absolute atomic E-state index is 12.1. The molecule has 18 heavy (non-hydrogen) atoms. The molecule has 0 spiro atoms. The lowest BCUT2D eigenvalue weighted by molar-refractivity contribution is -0.132. The molecule has 1 N–H and O–H groups in total. The number of nitrogens with one attached hydrogen (secondary N) is 1. The molecule has 1 saturated heterocycles. The molecule has 1 unspecified atom stereocenters. The minimum atomic E-state index is -0.352. The van der Waals surface area contributed by atoms with Crippen LogP contribution in [-0.2, 0) is 14.3 Å². The van der Waals surface area contributed by atoms with E-state index < -0.39 is 0 Å². The third kappa shape index (κ3) is 4.23. The molecule has 1 aliphatic rings. The van der Waals surface area contributed by atoms with Gasteiger partial charge in [-0.15, -0.1) is 0 Å². The van der Waals surface area contributed by atoms with Crippen LogP contribution >= 0.6 is 0 Å². The lowest BCUT2D eigenvalue weighted by Gasteiger charge is -2.20. The Bertz CT molecular complexity index is 261. The summed E-state index contributed by atoms with van der Waals surface area (Å²) < 4.78 is 10.3. The van der Waals surface area contributed by atoms with E-state index in [4.69, 9.17) is 9.47 Å². The lowest BCUT2D eigenvalue weighted by atomic mass is 9.99. The number of unbranched alkanes of at least 4 members (excludes halogenated alkanes) is 1. The zero-order valence-electron chi connectivity index (χ0n) is 11.8. The number of nitrogens with zero attached hydrogens (tertiary/aromatic N) is 1. The molecule has 5 nitrogen and oxygen atoms in total. The van der Waals surface area contributed by atoms with Crippen LogP contribution in [0.15, 0.2) is 0 Å². The maximum atomic E-state index is 12.1. The van der Waals surface area contributed by atoms with Crippen molar-refractivity contribution in [2.45, 2.75) is 38.6 Å². The molecule has 1 atom stereocenters. The zero-order valence-corrected chi connectivity index (χ0v) is 11.8. The molecule has 0 bridgehead atoms. The highest BCUT2D eigenvalue weighted by Gasteiger charge is 2.40. The Kier molecular flexibility index (Phi) is 6.60. The van der Waals surface area contributed by atoms with Gasteiger partial charge in [-0.05, 0) is 26.2 Å². The predicted molar refractivity (Wildman–Crippen MR) is 70.3 cm³/mol. The summed E-state index contributed by atoms with van der Waals surface area (Å²) in [5, 5.41) is 3.28. The fourth-order valence-corrected chi connectivity index (χ4v) is 1.97. The van der Waals surface area contributed by atoms with Crippen LogP contribution in [0.4, 0.5) is 0 Å². The SMILES string of the molecule is CCC1(C)NCN(CCCCOCCOC)C1=O. The average Bonchev–Trinajstić information content (AvgIpc) is 2.66. The van der Waals surface area contributed by atoms with Gasteiger partial charge in [-0.25, -0.2) is 0 Å². The van der Waals surface area contributed by atoms with Gasteiger partial charge in [0.2, 0.25) is 5.91 Å². The molecule has 0 aromatic rings. The van der Waals surface area contributed by atoms with Gasteiger partial charge in [0.1, 0.15) is 0 Å². The number of hydrogen-bond acceptors (Lipinski definition) is 4. The fraction of sp³-hybridized carbons (Fsp3) is 0.923. The number of hydrogen-bond donors (Lipinski definition) is 1. The van der Waals surface area contributed by atoms with E-state index in [1.165, 1.54) is 0 Å². The third-order valence-electron chi connectivity index (χ3n) is 3.52. The first kappa shape index (κ1) is 15.4. The second-order valence-electron chi connectivity index (χ2n) is 4.90. The number of carbonyl (C=O) groups is 1. The largest absolute Gasteiger partial charge is 0.382 e. The van der Waals surface area contributed by atoms with E-state index in [0.29, 0.717) is 19.9 Å². The van der Waals surface area contributed by atoms with Crippen LogP contribution in [0.2, 0.25) is 0 Å². The Morgan fingerprint density at radius 2 is 2.11 bits per heavy atom. The fourth-order valence-electron chi connectivity index (χ4n) is 1.97. The van der Waals surface area contributed by atoms with Crippen molar-refractivity contribution in [3.63, 3.8) is 0 Å². The lowest BCUT2D eigenvalue weighted by Crippen LogP contribution is -2.43. The van der Waals surface area contributed by atoms with Gasteiger partial charge in [-0.1, -0.05) is 6.92 Å². The van der Waals surface area contributed by atoms with Crippen LogP contribution in [0.1, 0.15) is 33.1 Å². The van der Waals surface area contributed by atoms with E-state index in [-0.39, 0.29) is 11.4 Å². The van der Waals surface area contributed by atoms with Crippen molar-refractivity contribution in [2.75, 3.05) is 40.1 Å². The summed E-state index contributed by atoms with van der Waals surface area (Å²) in [5.74, 6) is 0.227. The average molecular weight is 258 g/mol. The number of ether oxygens (including phenoxy) is 2. The number of methoxy groups -OCH3 is 1. The molecule has 0 aliphatic carbocycles. The van der Waals surface area contributed by atoms with E-state index in [9.17, 15) is 4.79 Å². The third-order valence-corrected chi connectivity index (χ3v) is 3.52. The number of amides is 1. The van der Waals surface area contributed by atoms with Crippen molar-refractivity contribution in [1.82, 2.24) is 10.2 Å². The smallest absolute Gasteiger partial charge is 0.243 e. The summed E-state index contributed by atoms with van der Waals surface area (Å²) >= 11 is 0. The van der Waals surface area contributed by atoms with E-state index in [0.717, 1.165) is 32.4 Å². The van der Waals surface area contributed by atoms with Crippen molar-refractivity contribution in [1.29, 1.82) is 0 Å². The van der Waals surface area contributed by atoms with Crippen LogP contribution < -0.4 is 5.32 Å². The normalized spacial score (nSPS) is 23.9. The highest BCUT2D eigenvalue weighted by atomic mass is 16.5. The molecule has 0 radical (unpaired) electrons. The minimum Gasteiger partial charge on any atom is -0.382 e. The highest BCUT2D eigenvalue weighted by molar-refractivity contribution is 5.87. The predicted octanol–water partition coefficient (Wildman–Crippen LogP) is 0.988. The minimum absolute atomic E-state index is 0.227. The van der Waals surface area contributed by atoms with Crippen molar-refractivity contribution in [3.8, 4) is 0 Å². The Hall–Kier alpha value is -0.650. The van der Waals surface area contributed by atoms with Gasteiger partial charge in [0, 0.05) is 20.3 Å². The molecule has 1 heterocycles. The molecule has 106 valence electrons. The van der Waals surface area contributed by atoms with Gasteiger partial charge in [0.05, 0.1) is 25.4 Å². The molecule has 0 saturated carbocycles. The molecular formula is C13H26N2O3. The molecule has 1 fully saturated rings. The molecular weight excluding hydrogens is 232 g/mol. The van der Waals surface area contributed by atoms with Crippen molar-refractivity contribution in [3.05, 3.63) is 0 Å².